The number of allylic oxidation sites excluding steroid dienone is 1. The van der Waals surface area contributed by atoms with Crippen LogP contribution in [-0.4, -0.2) is 21.5 Å². The lowest BCUT2D eigenvalue weighted by Crippen LogP contribution is -2.02. The van der Waals surface area contributed by atoms with Crippen molar-refractivity contribution >= 4 is 6.08 Å². The Morgan fingerprint density at radius 1 is 1.62 bits per heavy atom. The van der Waals surface area contributed by atoms with Gasteiger partial charge in [-0.1, -0.05) is 13.0 Å². The zero-order chi connectivity index (χ0) is 9.68. The highest BCUT2D eigenvalue weighted by atomic mass is 16.3. The monoisotopic (exact) mass is 180 g/mol. The van der Waals surface area contributed by atoms with Gasteiger partial charge in [0, 0.05) is 6.20 Å². The third-order valence-corrected chi connectivity index (χ3v) is 1.82. The summed E-state index contributed by atoms with van der Waals surface area (Å²) in [5.74, 6) is 0. The van der Waals surface area contributed by atoms with E-state index in [4.69, 9.17) is 5.11 Å². The SMILES string of the molecule is CC/C=C\c1nn(CCO)cc1C. The zero-order valence-electron chi connectivity index (χ0n) is 8.20. The lowest BCUT2D eigenvalue weighted by Gasteiger charge is -1.93. The van der Waals surface area contributed by atoms with E-state index < -0.39 is 0 Å². The Morgan fingerprint density at radius 3 is 3.00 bits per heavy atom. The molecule has 0 spiro atoms. The molecule has 0 saturated carbocycles. The first-order valence-corrected chi connectivity index (χ1v) is 4.59. The molecule has 0 atom stereocenters. The topological polar surface area (TPSA) is 38.0 Å². The molecular weight excluding hydrogens is 164 g/mol. The molecule has 0 aromatic carbocycles. The Kier molecular flexibility index (Phi) is 3.71. The van der Waals surface area contributed by atoms with Crippen molar-refractivity contribution in [2.45, 2.75) is 26.8 Å². The predicted molar refractivity (Wildman–Crippen MR) is 53.4 cm³/mol. The molecule has 1 aromatic rings. The number of aromatic nitrogens is 2. The highest BCUT2D eigenvalue weighted by Crippen LogP contribution is 2.07. The standard InChI is InChI=1S/C10H16N2O/c1-3-4-5-10-9(2)8-12(11-10)6-7-13/h4-5,8,13H,3,6-7H2,1-2H3/b5-4-. The van der Waals surface area contributed by atoms with Crippen molar-refractivity contribution in [1.82, 2.24) is 9.78 Å². The first kappa shape index (κ1) is 9.99. The first-order chi connectivity index (χ1) is 6.27. The van der Waals surface area contributed by atoms with Crippen LogP contribution in [0, 0.1) is 6.92 Å². The second-order valence-corrected chi connectivity index (χ2v) is 2.99. The molecule has 0 fully saturated rings. The largest absolute Gasteiger partial charge is 0.394 e. The molecule has 72 valence electrons. The average Bonchev–Trinajstić information content (AvgIpc) is 2.44. The van der Waals surface area contributed by atoms with E-state index in [0.29, 0.717) is 6.54 Å². The second kappa shape index (κ2) is 4.82. The average molecular weight is 180 g/mol. The summed E-state index contributed by atoms with van der Waals surface area (Å²) in [7, 11) is 0. The number of hydrogen-bond acceptors (Lipinski definition) is 2. The molecule has 13 heavy (non-hydrogen) atoms. The van der Waals surface area contributed by atoms with Gasteiger partial charge >= 0.3 is 0 Å². The van der Waals surface area contributed by atoms with Crippen molar-refractivity contribution in [3.8, 4) is 0 Å². The van der Waals surface area contributed by atoms with Crippen LogP contribution >= 0.6 is 0 Å². The van der Waals surface area contributed by atoms with E-state index >= 15 is 0 Å². The Hall–Kier alpha value is -1.09. The molecule has 0 aliphatic rings. The van der Waals surface area contributed by atoms with Crippen molar-refractivity contribution in [2.75, 3.05) is 6.61 Å². The highest BCUT2D eigenvalue weighted by molar-refractivity contribution is 5.47. The van der Waals surface area contributed by atoms with E-state index in [2.05, 4.69) is 18.1 Å². The molecular formula is C10H16N2O. The van der Waals surface area contributed by atoms with Gasteiger partial charge in [-0.15, -0.1) is 0 Å². The maximum atomic E-state index is 8.72. The van der Waals surface area contributed by atoms with E-state index in [1.807, 2.05) is 19.2 Å². The zero-order valence-corrected chi connectivity index (χ0v) is 8.20. The van der Waals surface area contributed by atoms with Gasteiger partial charge < -0.3 is 5.11 Å². The summed E-state index contributed by atoms with van der Waals surface area (Å²) in [6.45, 7) is 4.83. The van der Waals surface area contributed by atoms with Crippen LogP contribution in [0.1, 0.15) is 24.6 Å². The van der Waals surface area contributed by atoms with E-state index in [0.717, 1.165) is 17.7 Å². The molecule has 3 nitrogen and oxygen atoms in total. The van der Waals surface area contributed by atoms with Gasteiger partial charge in [-0.25, -0.2) is 0 Å². The summed E-state index contributed by atoms with van der Waals surface area (Å²) in [6.07, 6.45) is 7.07. The fourth-order valence-corrected chi connectivity index (χ4v) is 1.15. The highest BCUT2D eigenvalue weighted by Gasteiger charge is 2.00. The summed E-state index contributed by atoms with van der Waals surface area (Å²) in [4.78, 5) is 0. The number of aliphatic hydroxyl groups excluding tert-OH is 1. The second-order valence-electron chi connectivity index (χ2n) is 2.99. The smallest absolute Gasteiger partial charge is 0.0876 e. The molecule has 0 unspecified atom stereocenters. The maximum Gasteiger partial charge on any atom is 0.0876 e. The van der Waals surface area contributed by atoms with Gasteiger partial charge in [-0.3, -0.25) is 4.68 Å². The molecule has 1 aromatic heterocycles. The predicted octanol–water partition coefficient (Wildman–Crippen LogP) is 1.61. The molecule has 1 heterocycles. The molecule has 0 radical (unpaired) electrons. The lowest BCUT2D eigenvalue weighted by atomic mass is 10.2. The van der Waals surface area contributed by atoms with E-state index in [9.17, 15) is 0 Å². The number of aliphatic hydroxyl groups is 1. The van der Waals surface area contributed by atoms with Crippen LogP contribution in [0.4, 0.5) is 0 Å². The minimum atomic E-state index is 0.137. The molecule has 0 aliphatic heterocycles. The van der Waals surface area contributed by atoms with Crippen molar-refractivity contribution in [1.29, 1.82) is 0 Å². The van der Waals surface area contributed by atoms with Crippen molar-refractivity contribution in [2.24, 2.45) is 0 Å². The van der Waals surface area contributed by atoms with Crippen molar-refractivity contribution < 1.29 is 5.11 Å². The maximum absolute atomic E-state index is 8.72. The van der Waals surface area contributed by atoms with Gasteiger partial charge in [-0.05, 0) is 25.0 Å². The summed E-state index contributed by atoms with van der Waals surface area (Å²) in [6, 6.07) is 0. The summed E-state index contributed by atoms with van der Waals surface area (Å²) >= 11 is 0. The number of rotatable bonds is 4. The van der Waals surface area contributed by atoms with Gasteiger partial charge in [0.25, 0.3) is 0 Å². The summed E-state index contributed by atoms with van der Waals surface area (Å²) in [5, 5.41) is 13.0. The Balaban J connectivity index is 2.77. The van der Waals surface area contributed by atoms with Gasteiger partial charge in [0.2, 0.25) is 0 Å². The minimum absolute atomic E-state index is 0.137. The van der Waals surface area contributed by atoms with Gasteiger partial charge in [0.05, 0.1) is 18.8 Å². The fourth-order valence-electron chi connectivity index (χ4n) is 1.15. The number of hydrogen-bond donors (Lipinski definition) is 1. The van der Waals surface area contributed by atoms with Crippen LogP contribution in [-0.2, 0) is 6.54 Å². The number of nitrogens with zero attached hydrogens (tertiary/aromatic N) is 2. The molecule has 0 bridgehead atoms. The van der Waals surface area contributed by atoms with E-state index in [1.165, 1.54) is 0 Å². The van der Waals surface area contributed by atoms with Crippen LogP contribution in [0.3, 0.4) is 0 Å². The first-order valence-electron chi connectivity index (χ1n) is 4.59. The van der Waals surface area contributed by atoms with Gasteiger partial charge in [-0.2, -0.15) is 5.10 Å². The Morgan fingerprint density at radius 2 is 2.38 bits per heavy atom. The van der Waals surface area contributed by atoms with E-state index in [-0.39, 0.29) is 6.61 Å². The summed E-state index contributed by atoms with van der Waals surface area (Å²) in [5.41, 5.74) is 2.15. The number of aryl methyl sites for hydroxylation is 1. The molecule has 3 heteroatoms. The van der Waals surface area contributed by atoms with Crippen molar-refractivity contribution in [3.63, 3.8) is 0 Å². The molecule has 0 amide bonds. The van der Waals surface area contributed by atoms with Crippen LogP contribution in [0.2, 0.25) is 0 Å². The quantitative estimate of drug-likeness (QED) is 0.764. The van der Waals surface area contributed by atoms with Gasteiger partial charge in [0.15, 0.2) is 0 Å². The summed E-state index contributed by atoms with van der Waals surface area (Å²) < 4.78 is 1.77. The normalized spacial score (nSPS) is 11.3. The fraction of sp³-hybridized carbons (Fsp3) is 0.500. The Bertz CT molecular complexity index is 289. The Labute approximate surface area is 78.7 Å². The molecule has 1 rings (SSSR count). The van der Waals surface area contributed by atoms with Crippen molar-refractivity contribution in [3.05, 3.63) is 23.5 Å². The van der Waals surface area contributed by atoms with Gasteiger partial charge in [0.1, 0.15) is 0 Å². The third kappa shape index (κ3) is 2.70. The lowest BCUT2D eigenvalue weighted by molar-refractivity contribution is 0.269. The molecule has 0 aliphatic carbocycles. The van der Waals surface area contributed by atoms with Crippen LogP contribution < -0.4 is 0 Å². The van der Waals surface area contributed by atoms with Crippen LogP contribution in [0.5, 0.6) is 0 Å². The molecule has 0 saturated heterocycles. The minimum Gasteiger partial charge on any atom is -0.394 e. The van der Waals surface area contributed by atoms with Crippen LogP contribution in [0.15, 0.2) is 12.3 Å². The molecule has 1 N–H and O–H groups in total. The van der Waals surface area contributed by atoms with Crippen LogP contribution in [0.25, 0.3) is 6.08 Å². The van der Waals surface area contributed by atoms with E-state index in [1.54, 1.807) is 4.68 Å². The third-order valence-electron chi connectivity index (χ3n) is 1.82.